The monoisotopic (exact) mass is 308 g/mol. The van der Waals surface area contributed by atoms with E-state index in [0.717, 1.165) is 0 Å². The van der Waals surface area contributed by atoms with Gasteiger partial charge >= 0.3 is 0 Å². The number of nitro benzene ring substituents is 1. The Kier molecular flexibility index (Phi) is 4.49. The van der Waals surface area contributed by atoms with Crippen LogP contribution in [0.1, 0.15) is 5.56 Å². The number of rotatable bonds is 4. The van der Waals surface area contributed by atoms with E-state index in [-0.39, 0.29) is 34.5 Å². The molecule has 0 atom stereocenters. The van der Waals surface area contributed by atoms with Gasteiger partial charge in [-0.3, -0.25) is 14.9 Å². The molecule has 0 fully saturated rings. The maximum Gasteiger partial charge on any atom is 0.289 e. The molecule has 0 bridgehead atoms. The topological polar surface area (TPSA) is 72.2 Å². The van der Waals surface area contributed by atoms with E-state index in [1.807, 2.05) is 0 Å². The highest BCUT2D eigenvalue weighted by Crippen LogP contribution is 2.27. The van der Waals surface area contributed by atoms with Crippen molar-refractivity contribution < 1.29 is 14.1 Å². The summed E-state index contributed by atoms with van der Waals surface area (Å²) in [6.07, 6.45) is 0.0384. The van der Waals surface area contributed by atoms with Gasteiger partial charge in [0.25, 0.3) is 5.69 Å². The molecular formula is C14H10ClFN2O3. The zero-order valence-corrected chi connectivity index (χ0v) is 11.4. The van der Waals surface area contributed by atoms with Crippen molar-refractivity contribution >= 4 is 28.9 Å². The molecule has 0 aliphatic heterocycles. The molecule has 21 heavy (non-hydrogen) atoms. The van der Waals surface area contributed by atoms with Crippen molar-refractivity contribution in [3.05, 3.63) is 69.0 Å². The van der Waals surface area contributed by atoms with Crippen molar-refractivity contribution in [2.45, 2.75) is 6.42 Å². The molecule has 0 unspecified atom stereocenters. The van der Waals surface area contributed by atoms with Crippen LogP contribution in [-0.2, 0) is 11.2 Å². The van der Waals surface area contributed by atoms with Crippen molar-refractivity contribution in [3.8, 4) is 0 Å². The first-order valence-corrected chi connectivity index (χ1v) is 6.32. The second kappa shape index (κ2) is 6.32. The Balaban J connectivity index is 2.07. The second-order valence-electron chi connectivity index (χ2n) is 4.27. The molecule has 7 heteroatoms. The van der Waals surface area contributed by atoms with E-state index in [1.54, 1.807) is 0 Å². The molecule has 2 aromatic rings. The van der Waals surface area contributed by atoms with Gasteiger partial charge in [-0.05, 0) is 29.8 Å². The van der Waals surface area contributed by atoms with E-state index >= 15 is 0 Å². The fourth-order valence-electron chi connectivity index (χ4n) is 1.72. The van der Waals surface area contributed by atoms with E-state index in [4.69, 9.17) is 11.6 Å². The van der Waals surface area contributed by atoms with Crippen LogP contribution in [0, 0.1) is 15.9 Å². The second-order valence-corrected chi connectivity index (χ2v) is 4.68. The average Bonchev–Trinajstić information content (AvgIpc) is 2.43. The molecule has 1 amide bonds. The largest absolute Gasteiger partial charge is 0.326 e. The number of halogens is 2. The van der Waals surface area contributed by atoms with E-state index in [2.05, 4.69) is 5.32 Å². The van der Waals surface area contributed by atoms with E-state index in [0.29, 0.717) is 5.56 Å². The molecule has 0 radical (unpaired) electrons. The summed E-state index contributed by atoms with van der Waals surface area (Å²) in [5, 5.41) is 13.3. The summed E-state index contributed by atoms with van der Waals surface area (Å²) >= 11 is 5.68. The van der Waals surface area contributed by atoms with Crippen LogP contribution in [0.15, 0.2) is 42.5 Å². The zero-order chi connectivity index (χ0) is 15.4. The maximum atomic E-state index is 12.8. The van der Waals surface area contributed by atoms with Gasteiger partial charge in [-0.25, -0.2) is 4.39 Å². The smallest absolute Gasteiger partial charge is 0.289 e. The molecule has 2 aromatic carbocycles. The molecule has 0 aliphatic rings. The van der Waals surface area contributed by atoms with E-state index in [1.165, 1.54) is 42.5 Å². The predicted molar refractivity (Wildman–Crippen MR) is 76.8 cm³/mol. The summed E-state index contributed by atoms with van der Waals surface area (Å²) in [4.78, 5) is 22.0. The van der Waals surface area contributed by atoms with Crippen molar-refractivity contribution in [2.24, 2.45) is 0 Å². The van der Waals surface area contributed by atoms with Gasteiger partial charge in [-0.2, -0.15) is 0 Å². The molecule has 5 nitrogen and oxygen atoms in total. The molecule has 108 valence electrons. The Morgan fingerprint density at radius 2 is 1.90 bits per heavy atom. The molecule has 1 N–H and O–H groups in total. The number of hydrogen-bond donors (Lipinski definition) is 1. The minimum Gasteiger partial charge on any atom is -0.326 e. The number of benzene rings is 2. The van der Waals surface area contributed by atoms with Crippen LogP contribution in [0.4, 0.5) is 15.8 Å². The lowest BCUT2D eigenvalue weighted by Crippen LogP contribution is -2.14. The highest BCUT2D eigenvalue weighted by atomic mass is 35.5. The molecular weight excluding hydrogens is 299 g/mol. The summed E-state index contributed by atoms with van der Waals surface area (Å²) in [6, 6.07) is 9.51. The minimum atomic E-state index is -0.627. The summed E-state index contributed by atoms with van der Waals surface area (Å²) in [5.41, 5.74) is 0.631. The molecule has 0 aromatic heterocycles. The molecule has 0 saturated carbocycles. The van der Waals surface area contributed by atoms with Gasteiger partial charge in [-0.15, -0.1) is 0 Å². The number of nitrogens with zero attached hydrogens (tertiary/aromatic N) is 1. The van der Waals surface area contributed by atoms with Gasteiger partial charge in [0.2, 0.25) is 5.91 Å². The van der Waals surface area contributed by atoms with Gasteiger partial charge in [0.05, 0.1) is 11.3 Å². The van der Waals surface area contributed by atoms with Gasteiger partial charge < -0.3 is 5.32 Å². The Bertz CT molecular complexity index is 689. The molecule has 0 saturated heterocycles. The summed E-state index contributed by atoms with van der Waals surface area (Å²) in [6.45, 7) is 0. The zero-order valence-electron chi connectivity index (χ0n) is 10.7. The fraction of sp³-hybridized carbons (Fsp3) is 0.0714. The number of anilines is 1. The number of amides is 1. The van der Waals surface area contributed by atoms with E-state index in [9.17, 15) is 19.3 Å². The highest BCUT2D eigenvalue weighted by Gasteiger charge is 2.14. The number of nitrogens with one attached hydrogen (secondary N) is 1. The van der Waals surface area contributed by atoms with Crippen molar-refractivity contribution in [3.63, 3.8) is 0 Å². The van der Waals surface area contributed by atoms with Crippen LogP contribution in [-0.4, -0.2) is 10.8 Å². The Morgan fingerprint density at radius 3 is 2.52 bits per heavy atom. The normalized spacial score (nSPS) is 10.2. The molecule has 0 spiro atoms. The number of nitro groups is 1. The number of carbonyl (C=O) groups excluding carboxylic acids is 1. The first-order valence-electron chi connectivity index (χ1n) is 5.94. The first-order chi connectivity index (χ1) is 9.95. The maximum absolute atomic E-state index is 12.8. The third kappa shape index (κ3) is 4.00. The van der Waals surface area contributed by atoms with Gasteiger partial charge in [-0.1, -0.05) is 23.7 Å². The Hall–Kier alpha value is -2.47. The lowest BCUT2D eigenvalue weighted by molar-refractivity contribution is -0.384. The standard InChI is InChI=1S/C14H10ClFN2O3/c15-12-6-5-11(8-13(12)18(20)21)17-14(19)7-9-1-3-10(16)4-2-9/h1-6,8H,7H2,(H,17,19). The van der Waals surface area contributed by atoms with Crippen molar-refractivity contribution in [2.75, 3.05) is 5.32 Å². The van der Waals surface area contributed by atoms with Crippen molar-refractivity contribution in [1.29, 1.82) is 0 Å². The van der Waals surface area contributed by atoms with Crippen LogP contribution >= 0.6 is 11.6 Å². The predicted octanol–water partition coefficient (Wildman–Crippen LogP) is 3.57. The van der Waals surface area contributed by atoms with Crippen LogP contribution < -0.4 is 5.32 Å². The van der Waals surface area contributed by atoms with Crippen LogP contribution in [0.2, 0.25) is 5.02 Å². The van der Waals surface area contributed by atoms with E-state index < -0.39 is 4.92 Å². The molecule has 0 heterocycles. The average molecular weight is 309 g/mol. The third-order valence-electron chi connectivity index (χ3n) is 2.70. The first kappa shape index (κ1) is 14.9. The summed E-state index contributed by atoms with van der Waals surface area (Å²) in [7, 11) is 0. The Morgan fingerprint density at radius 1 is 1.24 bits per heavy atom. The van der Waals surface area contributed by atoms with Crippen molar-refractivity contribution in [1.82, 2.24) is 0 Å². The summed E-state index contributed by atoms with van der Waals surface area (Å²) in [5.74, 6) is -0.745. The van der Waals surface area contributed by atoms with Gasteiger partial charge in [0.1, 0.15) is 10.8 Å². The lowest BCUT2D eigenvalue weighted by Gasteiger charge is -2.06. The van der Waals surface area contributed by atoms with Crippen LogP contribution in [0.5, 0.6) is 0 Å². The minimum absolute atomic E-state index is 0.00321. The van der Waals surface area contributed by atoms with Gasteiger partial charge in [0.15, 0.2) is 0 Å². The number of hydrogen-bond acceptors (Lipinski definition) is 3. The fourth-order valence-corrected chi connectivity index (χ4v) is 1.91. The Labute approximate surface area is 124 Å². The number of carbonyl (C=O) groups is 1. The molecule has 2 rings (SSSR count). The highest BCUT2D eigenvalue weighted by molar-refractivity contribution is 6.32. The SMILES string of the molecule is O=C(Cc1ccc(F)cc1)Nc1ccc(Cl)c([N+](=O)[O-])c1. The quantitative estimate of drug-likeness (QED) is 0.693. The lowest BCUT2D eigenvalue weighted by atomic mass is 10.1. The van der Waals surface area contributed by atoms with Gasteiger partial charge in [0, 0.05) is 11.8 Å². The van der Waals surface area contributed by atoms with Crippen LogP contribution in [0.3, 0.4) is 0 Å². The third-order valence-corrected chi connectivity index (χ3v) is 3.02. The molecule has 0 aliphatic carbocycles. The summed E-state index contributed by atoms with van der Waals surface area (Å²) < 4.78 is 12.8. The van der Waals surface area contributed by atoms with Crippen LogP contribution in [0.25, 0.3) is 0 Å².